The molecule has 8 nitrogen and oxygen atoms in total. The summed E-state index contributed by atoms with van der Waals surface area (Å²) in [5.41, 5.74) is 0.730. The molecule has 8 heteroatoms. The normalized spacial score (nSPS) is 18.4. The summed E-state index contributed by atoms with van der Waals surface area (Å²) in [6.45, 7) is 1.88. The number of fused-ring (bicyclic) bond motifs is 1. The first-order chi connectivity index (χ1) is 12.7. The van der Waals surface area contributed by atoms with E-state index in [1.165, 1.54) is 0 Å². The Labute approximate surface area is 150 Å². The largest absolute Gasteiger partial charge is 0.454 e. The summed E-state index contributed by atoms with van der Waals surface area (Å²) < 4.78 is 12.5. The molecule has 26 heavy (non-hydrogen) atoms. The third kappa shape index (κ3) is 3.35. The summed E-state index contributed by atoms with van der Waals surface area (Å²) in [7, 11) is 0. The van der Waals surface area contributed by atoms with Crippen molar-refractivity contribution >= 4 is 17.5 Å². The number of aromatic nitrogens is 2. The van der Waals surface area contributed by atoms with Crippen LogP contribution in [-0.2, 0) is 16.1 Å². The summed E-state index contributed by atoms with van der Waals surface area (Å²) in [6, 6.07) is 7.25. The molecule has 2 aliphatic heterocycles. The molecule has 1 N–H and O–H groups in total. The first-order valence-corrected chi connectivity index (χ1v) is 8.66. The molecule has 1 fully saturated rings. The molecule has 2 aliphatic rings. The fourth-order valence-electron chi connectivity index (χ4n) is 3.22. The van der Waals surface area contributed by atoms with E-state index in [1.807, 2.05) is 23.0 Å². The van der Waals surface area contributed by atoms with Gasteiger partial charge in [-0.3, -0.25) is 14.3 Å². The van der Waals surface area contributed by atoms with E-state index in [-0.39, 0.29) is 30.9 Å². The molecule has 0 aliphatic carbocycles. The number of nitrogens with one attached hydrogen (secondary N) is 1. The van der Waals surface area contributed by atoms with Crippen LogP contribution < -0.4 is 19.7 Å². The maximum absolute atomic E-state index is 12.4. The molecule has 0 radical (unpaired) electrons. The van der Waals surface area contributed by atoms with Gasteiger partial charge >= 0.3 is 0 Å². The Balaban J connectivity index is 1.30. The zero-order valence-electron chi connectivity index (χ0n) is 14.3. The van der Waals surface area contributed by atoms with Gasteiger partial charge in [-0.05, 0) is 24.6 Å². The van der Waals surface area contributed by atoms with Gasteiger partial charge in [-0.1, -0.05) is 0 Å². The fourth-order valence-corrected chi connectivity index (χ4v) is 3.22. The van der Waals surface area contributed by atoms with E-state index in [9.17, 15) is 9.59 Å². The first kappa shape index (κ1) is 16.4. The van der Waals surface area contributed by atoms with E-state index in [0.717, 1.165) is 18.7 Å². The Morgan fingerprint density at radius 2 is 2.19 bits per heavy atom. The minimum absolute atomic E-state index is 0.0550. The lowest BCUT2D eigenvalue weighted by Gasteiger charge is -2.17. The minimum Gasteiger partial charge on any atom is -0.454 e. The van der Waals surface area contributed by atoms with E-state index < -0.39 is 0 Å². The zero-order valence-corrected chi connectivity index (χ0v) is 14.3. The summed E-state index contributed by atoms with van der Waals surface area (Å²) >= 11 is 0. The van der Waals surface area contributed by atoms with E-state index >= 15 is 0 Å². The summed E-state index contributed by atoms with van der Waals surface area (Å²) in [5.74, 6) is 0.828. The Morgan fingerprint density at radius 1 is 1.31 bits per heavy atom. The molecule has 0 saturated carbocycles. The van der Waals surface area contributed by atoms with Crippen molar-refractivity contribution < 1.29 is 19.1 Å². The van der Waals surface area contributed by atoms with Gasteiger partial charge in [0.25, 0.3) is 0 Å². The number of carbonyl (C=O) groups is 2. The van der Waals surface area contributed by atoms with E-state index in [0.29, 0.717) is 24.6 Å². The van der Waals surface area contributed by atoms with Gasteiger partial charge in [0, 0.05) is 50.2 Å². The van der Waals surface area contributed by atoms with Gasteiger partial charge in [-0.25, -0.2) is 0 Å². The van der Waals surface area contributed by atoms with Crippen molar-refractivity contribution in [2.24, 2.45) is 5.92 Å². The Hall–Kier alpha value is -3.03. The van der Waals surface area contributed by atoms with E-state index in [4.69, 9.17) is 9.47 Å². The number of amides is 2. The molecule has 3 heterocycles. The van der Waals surface area contributed by atoms with Gasteiger partial charge in [0.15, 0.2) is 11.5 Å². The monoisotopic (exact) mass is 356 g/mol. The number of nitrogens with zero attached hydrogens (tertiary/aromatic N) is 3. The quantitative estimate of drug-likeness (QED) is 0.786. The van der Waals surface area contributed by atoms with Crippen molar-refractivity contribution in [1.82, 2.24) is 15.1 Å². The molecule has 4 rings (SSSR count). The van der Waals surface area contributed by atoms with Crippen LogP contribution in [0.5, 0.6) is 11.5 Å². The molecule has 136 valence electrons. The van der Waals surface area contributed by atoms with Crippen molar-refractivity contribution in [3.63, 3.8) is 0 Å². The van der Waals surface area contributed by atoms with E-state index in [2.05, 4.69) is 10.4 Å². The predicted molar refractivity (Wildman–Crippen MR) is 92.9 cm³/mol. The highest BCUT2D eigenvalue weighted by atomic mass is 16.7. The number of aryl methyl sites for hydroxylation is 1. The second-order valence-corrected chi connectivity index (χ2v) is 6.36. The minimum atomic E-state index is -0.336. The highest BCUT2D eigenvalue weighted by Gasteiger charge is 2.35. The van der Waals surface area contributed by atoms with Gasteiger partial charge in [0.1, 0.15) is 0 Å². The number of benzene rings is 1. The molecule has 1 aromatic carbocycles. The number of hydrogen-bond donors (Lipinski definition) is 1. The number of anilines is 1. The van der Waals surface area contributed by atoms with Crippen molar-refractivity contribution in [1.29, 1.82) is 0 Å². The number of rotatable bonds is 6. The maximum Gasteiger partial charge on any atom is 0.231 e. The fraction of sp³-hybridized carbons (Fsp3) is 0.389. The second kappa shape index (κ2) is 7.07. The highest BCUT2D eigenvalue weighted by Crippen LogP contribution is 2.37. The number of carbonyl (C=O) groups excluding carboxylic acids is 2. The molecule has 0 spiro atoms. The average molecular weight is 356 g/mol. The van der Waals surface area contributed by atoms with Gasteiger partial charge in [0.05, 0.1) is 5.92 Å². The van der Waals surface area contributed by atoms with Crippen LogP contribution in [0.1, 0.15) is 12.8 Å². The first-order valence-electron chi connectivity index (χ1n) is 8.66. The van der Waals surface area contributed by atoms with Crippen LogP contribution in [-0.4, -0.2) is 41.5 Å². The van der Waals surface area contributed by atoms with Crippen LogP contribution in [0.2, 0.25) is 0 Å². The molecule has 2 amide bonds. The lowest BCUT2D eigenvalue weighted by atomic mass is 10.1. The van der Waals surface area contributed by atoms with Crippen LogP contribution in [0.4, 0.5) is 5.69 Å². The molecule has 1 aromatic heterocycles. The molecule has 1 atom stereocenters. The Morgan fingerprint density at radius 3 is 3.04 bits per heavy atom. The summed E-state index contributed by atoms with van der Waals surface area (Å²) in [6.07, 6.45) is 4.63. The van der Waals surface area contributed by atoms with Crippen molar-refractivity contribution in [2.45, 2.75) is 19.4 Å². The molecular formula is C18H20N4O4. The Kier molecular flexibility index (Phi) is 4.47. The van der Waals surface area contributed by atoms with Crippen LogP contribution in [0.25, 0.3) is 0 Å². The molecule has 2 aromatic rings. The highest BCUT2D eigenvalue weighted by molar-refractivity contribution is 6.00. The molecule has 1 saturated heterocycles. The standard InChI is InChI=1S/C18H20N4O4/c23-17-9-13(18(24)19-5-1-7-21-8-2-6-20-21)11-22(17)14-3-4-15-16(10-14)26-12-25-15/h2-4,6,8,10,13H,1,5,7,9,11-12H2,(H,19,24)/t13-/m0/s1. The van der Waals surface area contributed by atoms with Crippen molar-refractivity contribution in [2.75, 3.05) is 24.8 Å². The molecule has 0 bridgehead atoms. The third-order valence-electron chi connectivity index (χ3n) is 4.59. The van der Waals surface area contributed by atoms with Crippen LogP contribution >= 0.6 is 0 Å². The topological polar surface area (TPSA) is 85.7 Å². The molecule has 0 unspecified atom stereocenters. The summed E-state index contributed by atoms with van der Waals surface area (Å²) in [5, 5.41) is 7.04. The SMILES string of the molecule is O=C(NCCCn1cccn1)[C@H]1CC(=O)N(c2ccc3c(c2)OCO3)C1. The van der Waals surface area contributed by atoms with Crippen LogP contribution in [0.3, 0.4) is 0 Å². The van der Waals surface area contributed by atoms with Gasteiger partial charge in [-0.2, -0.15) is 5.10 Å². The third-order valence-corrected chi connectivity index (χ3v) is 4.59. The Bertz CT molecular complexity index is 806. The van der Waals surface area contributed by atoms with E-state index in [1.54, 1.807) is 23.2 Å². The predicted octanol–water partition coefficient (Wildman–Crippen LogP) is 1.17. The smallest absolute Gasteiger partial charge is 0.231 e. The van der Waals surface area contributed by atoms with Gasteiger partial charge in [-0.15, -0.1) is 0 Å². The maximum atomic E-state index is 12.4. The number of ether oxygens (including phenoxy) is 2. The van der Waals surface area contributed by atoms with Crippen LogP contribution in [0, 0.1) is 5.92 Å². The summed E-state index contributed by atoms with van der Waals surface area (Å²) in [4.78, 5) is 26.3. The lowest BCUT2D eigenvalue weighted by Crippen LogP contribution is -2.33. The van der Waals surface area contributed by atoms with Gasteiger partial charge in [0.2, 0.25) is 18.6 Å². The van der Waals surface area contributed by atoms with Crippen molar-refractivity contribution in [3.05, 3.63) is 36.7 Å². The second-order valence-electron chi connectivity index (χ2n) is 6.36. The number of hydrogen-bond acceptors (Lipinski definition) is 5. The zero-order chi connectivity index (χ0) is 17.9. The average Bonchev–Trinajstić information content (AvgIpc) is 3.38. The molecular weight excluding hydrogens is 336 g/mol. The lowest BCUT2D eigenvalue weighted by molar-refractivity contribution is -0.126. The van der Waals surface area contributed by atoms with Crippen molar-refractivity contribution in [3.8, 4) is 11.5 Å². The van der Waals surface area contributed by atoms with Gasteiger partial charge < -0.3 is 19.7 Å². The van der Waals surface area contributed by atoms with Crippen LogP contribution in [0.15, 0.2) is 36.7 Å².